The van der Waals surface area contributed by atoms with Gasteiger partial charge in [-0.15, -0.1) is 10.2 Å². The van der Waals surface area contributed by atoms with E-state index in [2.05, 4.69) is 16.3 Å². The summed E-state index contributed by atoms with van der Waals surface area (Å²) in [5, 5.41) is 17.0. The Morgan fingerprint density at radius 3 is 2.19 bits per heavy atom. The number of hydrogen-bond donors (Lipinski definition) is 0. The Balaban J connectivity index is 1.76. The molecule has 4 heteroatoms. The molecule has 1 aromatic heterocycles. The molecule has 0 spiro atoms. The standard InChI is InChI=1S/C17H11N3O/c18-12-13-6-8-15(9-7-13)21-17-11-10-16(19-20-17)14-4-2-1-3-5-14/h1-11H. The van der Waals surface area contributed by atoms with Crippen molar-refractivity contribution >= 4 is 0 Å². The zero-order valence-electron chi connectivity index (χ0n) is 11.1. The largest absolute Gasteiger partial charge is 0.438 e. The highest BCUT2D eigenvalue weighted by Gasteiger charge is 2.02. The summed E-state index contributed by atoms with van der Waals surface area (Å²) in [5.74, 6) is 1.04. The lowest BCUT2D eigenvalue weighted by molar-refractivity contribution is 0.455. The number of rotatable bonds is 3. The van der Waals surface area contributed by atoms with Gasteiger partial charge in [0.15, 0.2) is 0 Å². The van der Waals surface area contributed by atoms with Crippen molar-refractivity contribution in [3.05, 3.63) is 72.3 Å². The molecule has 0 bridgehead atoms. The zero-order valence-corrected chi connectivity index (χ0v) is 11.1. The molecule has 1 heterocycles. The van der Waals surface area contributed by atoms with Crippen LogP contribution in [0.5, 0.6) is 11.6 Å². The highest BCUT2D eigenvalue weighted by molar-refractivity contribution is 5.58. The average molecular weight is 273 g/mol. The van der Waals surface area contributed by atoms with Gasteiger partial charge in [-0.1, -0.05) is 30.3 Å². The first-order valence-corrected chi connectivity index (χ1v) is 6.42. The van der Waals surface area contributed by atoms with Crippen LogP contribution in [0.1, 0.15) is 5.56 Å². The first-order chi connectivity index (χ1) is 10.3. The van der Waals surface area contributed by atoms with E-state index in [1.807, 2.05) is 36.4 Å². The van der Waals surface area contributed by atoms with Gasteiger partial charge in [0, 0.05) is 11.6 Å². The Bertz CT molecular complexity index is 760. The third-order valence-corrected chi connectivity index (χ3v) is 2.92. The maximum absolute atomic E-state index is 8.74. The number of aromatic nitrogens is 2. The van der Waals surface area contributed by atoms with E-state index in [1.165, 1.54) is 0 Å². The topological polar surface area (TPSA) is 58.8 Å². The lowest BCUT2D eigenvalue weighted by atomic mass is 10.1. The first kappa shape index (κ1) is 12.8. The van der Waals surface area contributed by atoms with Crippen molar-refractivity contribution < 1.29 is 4.74 Å². The molecule has 0 saturated heterocycles. The second kappa shape index (κ2) is 5.85. The van der Waals surface area contributed by atoms with Crippen LogP contribution in [0.25, 0.3) is 11.3 Å². The van der Waals surface area contributed by atoms with Crippen LogP contribution in [0.4, 0.5) is 0 Å². The quantitative estimate of drug-likeness (QED) is 0.728. The van der Waals surface area contributed by atoms with Crippen LogP contribution in [0.3, 0.4) is 0 Å². The Morgan fingerprint density at radius 2 is 1.57 bits per heavy atom. The van der Waals surface area contributed by atoms with Crippen molar-refractivity contribution in [2.24, 2.45) is 0 Å². The monoisotopic (exact) mass is 273 g/mol. The van der Waals surface area contributed by atoms with Crippen LogP contribution in [-0.2, 0) is 0 Å². The Kier molecular flexibility index (Phi) is 3.57. The highest BCUT2D eigenvalue weighted by atomic mass is 16.5. The molecule has 2 aromatic carbocycles. The van der Waals surface area contributed by atoms with Gasteiger partial charge in [0.05, 0.1) is 17.3 Å². The summed E-state index contributed by atoms with van der Waals surface area (Å²) in [5.41, 5.74) is 2.39. The van der Waals surface area contributed by atoms with Crippen molar-refractivity contribution in [2.75, 3.05) is 0 Å². The maximum Gasteiger partial charge on any atom is 0.238 e. The molecule has 21 heavy (non-hydrogen) atoms. The van der Waals surface area contributed by atoms with Gasteiger partial charge in [-0.05, 0) is 30.3 Å². The predicted molar refractivity (Wildman–Crippen MR) is 78.7 cm³/mol. The van der Waals surface area contributed by atoms with Gasteiger partial charge in [0.2, 0.25) is 5.88 Å². The van der Waals surface area contributed by atoms with Crippen molar-refractivity contribution in [1.82, 2.24) is 10.2 Å². The molecule has 0 saturated carbocycles. The summed E-state index contributed by atoms with van der Waals surface area (Å²) >= 11 is 0. The molecule has 0 radical (unpaired) electrons. The summed E-state index contributed by atoms with van der Waals surface area (Å²) in [4.78, 5) is 0. The summed E-state index contributed by atoms with van der Waals surface area (Å²) in [6, 6.07) is 22.4. The minimum absolute atomic E-state index is 0.416. The van der Waals surface area contributed by atoms with Gasteiger partial charge in [0.1, 0.15) is 5.75 Å². The van der Waals surface area contributed by atoms with Gasteiger partial charge >= 0.3 is 0 Å². The van der Waals surface area contributed by atoms with Crippen molar-refractivity contribution in [3.63, 3.8) is 0 Å². The van der Waals surface area contributed by atoms with E-state index >= 15 is 0 Å². The van der Waals surface area contributed by atoms with E-state index in [9.17, 15) is 0 Å². The SMILES string of the molecule is N#Cc1ccc(Oc2ccc(-c3ccccc3)nn2)cc1. The number of hydrogen-bond acceptors (Lipinski definition) is 4. The number of nitrogens with zero attached hydrogens (tertiary/aromatic N) is 3. The molecule has 0 aliphatic rings. The molecule has 0 fully saturated rings. The van der Waals surface area contributed by atoms with E-state index < -0.39 is 0 Å². The molecule has 0 N–H and O–H groups in total. The summed E-state index contributed by atoms with van der Waals surface area (Å²) in [6.45, 7) is 0. The second-order valence-corrected chi connectivity index (χ2v) is 4.36. The Labute approximate surface area is 122 Å². The van der Waals surface area contributed by atoms with Crippen LogP contribution in [0.2, 0.25) is 0 Å². The molecule has 0 atom stereocenters. The van der Waals surface area contributed by atoms with Crippen LogP contribution >= 0.6 is 0 Å². The average Bonchev–Trinajstić information content (AvgIpc) is 2.57. The van der Waals surface area contributed by atoms with E-state index in [1.54, 1.807) is 30.3 Å². The second-order valence-electron chi connectivity index (χ2n) is 4.36. The molecule has 0 unspecified atom stereocenters. The molecule has 0 aliphatic heterocycles. The number of nitriles is 1. The summed E-state index contributed by atoms with van der Waals surface area (Å²) in [6.07, 6.45) is 0. The molecule has 100 valence electrons. The smallest absolute Gasteiger partial charge is 0.238 e. The minimum Gasteiger partial charge on any atom is -0.438 e. The van der Waals surface area contributed by atoms with Gasteiger partial charge in [-0.2, -0.15) is 5.26 Å². The first-order valence-electron chi connectivity index (χ1n) is 6.42. The fourth-order valence-electron chi connectivity index (χ4n) is 1.86. The van der Waals surface area contributed by atoms with E-state index in [0.29, 0.717) is 17.2 Å². The normalized spacial score (nSPS) is 9.86. The lowest BCUT2D eigenvalue weighted by Gasteiger charge is -2.05. The molecule has 3 rings (SSSR count). The third kappa shape index (κ3) is 3.04. The van der Waals surface area contributed by atoms with Gasteiger partial charge in [-0.3, -0.25) is 0 Å². The van der Waals surface area contributed by atoms with Crippen LogP contribution in [0, 0.1) is 11.3 Å². The molecule has 3 aromatic rings. The molecular formula is C17H11N3O. The predicted octanol–water partition coefficient (Wildman–Crippen LogP) is 3.81. The van der Waals surface area contributed by atoms with Crippen LogP contribution in [-0.4, -0.2) is 10.2 Å². The minimum atomic E-state index is 0.416. The Hall–Kier alpha value is -3.19. The summed E-state index contributed by atoms with van der Waals surface area (Å²) in [7, 11) is 0. The van der Waals surface area contributed by atoms with Gasteiger partial charge < -0.3 is 4.74 Å². The fraction of sp³-hybridized carbons (Fsp3) is 0. The maximum atomic E-state index is 8.74. The van der Waals surface area contributed by atoms with Crippen LogP contribution < -0.4 is 4.74 Å². The zero-order chi connectivity index (χ0) is 14.5. The summed E-state index contributed by atoms with van der Waals surface area (Å²) < 4.78 is 5.59. The van der Waals surface area contributed by atoms with Crippen molar-refractivity contribution in [1.29, 1.82) is 5.26 Å². The van der Waals surface area contributed by atoms with Gasteiger partial charge in [-0.25, -0.2) is 0 Å². The number of ether oxygens (including phenoxy) is 1. The van der Waals surface area contributed by atoms with Crippen molar-refractivity contribution in [2.45, 2.75) is 0 Å². The molecule has 4 nitrogen and oxygen atoms in total. The number of benzene rings is 2. The van der Waals surface area contributed by atoms with E-state index in [-0.39, 0.29) is 0 Å². The lowest BCUT2D eigenvalue weighted by Crippen LogP contribution is -1.92. The van der Waals surface area contributed by atoms with E-state index in [4.69, 9.17) is 10.00 Å². The van der Waals surface area contributed by atoms with Gasteiger partial charge in [0.25, 0.3) is 0 Å². The fourth-order valence-corrected chi connectivity index (χ4v) is 1.86. The molecule has 0 amide bonds. The Morgan fingerprint density at radius 1 is 0.810 bits per heavy atom. The molecular weight excluding hydrogens is 262 g/mol. The van der Waals surface area contributed by atoms with Crippen molar-refractivity contribution in [3.8, 4) is 29.0 Å². The van der Waals surface area contributed by atoms with Crippen LogP contribution in [0.15, 0.2) is 66.7 Å². The third-order valence-electron chi connectivity index (χ3n) is 2.92. The molecule has 0 aliphatic carbocycles. The van der Waals surface area contributed by atoms with E-state index in [0.717, 1.165) is 11.3 Å². The highest BCUT2D eigenvalue weighted by Crippen LogP contribution is 2.21.